The quantitative estimate of drug-likeness (QED) is 0.496. The third kappa shape index (κ3) is 6.48. The summed E-state index contributed by atoms with van der Waals surface area (Å²) in [4.78, 5) is 41.3. The molecule has 0 radical (unpaired) electrons. The van der Waals surface area contributed by atoms with Crippen LogP contribution in [-0.4, -0.2) is 65.8 Å². The lowest BCUT2D eigenvalue weighted by Crippen LogP contribution is -2.54. The van der Waals surface area contributed by atoms with Crippen molar-refractivity contribution in [3.05, 3.63) is 70.5 Å². The number of carbonyl (C=O) groups excluding carboxylic acids is 3. The highest BCUT2D eigenvalue weighted by atomic mass is 19.4. The molecule has 0 aliphatic carbocycles. The van der Waals surface area contributed by atoms with E-state index in [1.807, 2.05) is 0 Å². The van der Waals surface area contributed by atoms with Crippen molar-refractivity contribution in [3.8, 4) is 0 Å². The molecule has 0 aromatic heterocycles. The van der Waals surface area contributed by atoms with Crippen molar-refractivity contribution in [1.29, 1.82) is 0 Å². The summed E-state index contributed by atoms with van der Waals surface area (Å²) in [5, 5.41) is 2.63. The summed E-state index contributed by atoms with van der Waals surface area (Å²) in [6.07, 6.45) is -12.2. The first-order chi connectivity index (χ1) is 20.1. The number of piperazine rings is 1. The van der Waals surface area contributed by atoms with Crippen LogP contribution < -0.4 is 5.32 Å². The number of halogens is 7. The van der Waals surface area contributed by atoms with Crippen molar-refractivity contribution in [3.63, 3.8) is 0 Å². The summed E-state index contributed by atoms with van der Waals surface area (Å²) in [5.74, 6) is -3.01. The molecule has 1 N–H and O–H groups in total. The second-order valence-electron chi connectivity index (χ2n) is 11.1. The molecule has 0 spiro atoms. The Bertz CT molecular complexity index is 1360. The van der Waals surface area contributed by atoms with Crippen LogP contribution in [0.3, 0.4) is 0 Å². The number of nitrogens with zero attached hydrogens (tertiary/aromatic N) is 2. The lowest BCUT2D eigenvalue weighted by molar-refractivity contribution is -0.149. The van der Waals surface area contributed by atoms with E-state index < -0.39 is 59.4 Å². The summed E-state index contributed by atoms with van der Waals surface area (Å²) in [6.45, 7) is 1.71. The van der Waals surface area contributed by atoms with Gasteiger partial charge in [0.25, 0.3) is 0 Å². The maximum atomic E-state index is 13.8. The fraction of sp³-hybridized carbons (Fsp3) is 0.483. The second-order valence-corrected chi connectivity index (χ2v) is 11.1. The molecular formula is C29H28F7N3O4. The monoisotopic (exact) mass is 615 g/mol. The van der Waals surface area contributed by atoms with Gasteiger partial charge in [-0.1, -0.05) is 12.1 Å². The van der Waals surface area contributed by atoms with Gasteiger partial charge >= 0.3 is 12.4 Å². The number of hydrogen-bond donors (Lipinski definition) is 1. The zero-order valence-electron chi connectivity index (χ0n) is 22.8. The molecule has 2 aromatic rings. The Morgan fingerprint density at radius 3 is 2.21 bits per heavy atom. The first-order valence-corrected chi connectivity index (χ1v) is 13.7. The number of nitrogens with one attached hydrogen (secondary N) is 1. The van der Waals surface area contributed by atoms with Gasteiger partial charge in [0.05, 0.1) is 29.9 Å². The van der Waals surface area contributed by atoms with Crippen molar-refractivity contribution in [2.24, 2.45) is 5.92 Å². The fourth-order valence-corrected chi connectivity index (χ4v) is 6.22. The summed E-state index contributed by atoms with van der Waals surface area (Å²) in [6, 6.07) is 5.95. The molecule has 3 amide bonds. The van der Waals surface area contributed by atoms with Crippen molar-refractivity contribution in [2.75, 3.05) is 26.2 Å². The van der Waals surface area contributed by atoms with E-state index in [0.29, 0.717) is 17.7 Å². The van der Waals surface area contributed by atoms with E-state index in [1.165, 1.54) is 41.0 Å². The highest BCUT2D eigenvalue weighted by Gasteiger charge is 2.51. The van der Waals surface area contributed by atoms with Crippen molar-refractivity contribution >= 4 is 17.7 Å². The van der Waals surface area contributed by atoms with Gasteiger partial charge in [-0.2, -0.15) is 26.3 Å². The van der Waals surface area contributed by atoms with Crippen molar-refractivity contribution in [2.45, 2.75) is 56.3 Å². The fourth-order valence-electron chi connectivity index (χ4n) is 6.22. The molecule has 3 aliphatic heterocycles. The van der Waals surface area contributed by atoms with E-state index in [4.69, 9.17) is 4.74 Å². The molecule has 5 atom stereocenters. The van der Waals surface area contributed by atoms with Crippen LogP contribution in [0.5, 0.6) is 0 Å². The molecular weight excluding hydrogens is 587 g/mol. The maximum Gasteiger partial charge on any atom is 0.416 e. The second kappa shape index (κ2) is 11.4. The third-order valence-electron chi connectivity index (χ3n) is 8.27. The Kier molecular flexibility index (Phi) is 8.18. The predicted octanol–water partition coefficient (Wildman–Crippen LogP) is 4.67. The minimum Gasteiger partial charge on any atom is -0.368 e. The molecule has 3 saturated heterocycles. The Hall–Kier alpha value is -3.68. The van der Waals surface area contributed by atoms with E-state index in [9.17, 15) is 45.1 Å². The van der Waals surface area contributed by atoms with Gasteiger partial charge in [-0.25, -0.2) is 4.39 Å². The van der Waals surface area contributed by atoms with Crippen molar-refractivity contribution < 1.29 is 49.9 Å². The van der Waals surface area contributed by atoms with Crippen molar-refractivity contribution in [1.82, 2.24) is 15.1 Å². The summed E-state index contributed by atoms with van der Waals surface area (Å²) in [7, 11) is 0. The van der Waals surface area contributed by atoms with E-state index in [2.05, 4.69) is 5.32 Å². The normalized spacial score (nSPS) is 25.4. The van der Waals surface area contributed by atoms with Gasteiger partial charge in [-0.05, 0) is 54.8 Å². The third-order valence-corrected chi connectivity index (χ3v) is 8.27. The van der Waals surface area contributed by atoms with E-state index in [0.717, 1.165) is 0 Å². The molecule has 3 aliphatic rings. The zero-order chi connectivity index (χ0) is 31.3. The zero-order valence-corrected chi connectivity index (χ0v) is 22.8. The number of benzene rings is 2. The number of alkyl halides is 6. The van der Waals surface area contributed by atoms with Crippen LogP contribution in [0.2, 0.25) is 0 Å². The molecule has 7 nitrogen and oxygen atoms in total. The molecule has 0 bridgehead atoms. The summed E-state index contributed by atoms with van der Waals surface area (Å²) < 4.78 is 101. The van der Waals surface area contributed by atoms with Gasteiger partial charge in [0, 0.05) is 43.9 Å². The van der Waals surface area contributed by atoms with Crippen LogP contribution >= 0.6 is 0 Å². The highest BCUT2D eigenvalue weighted by molar-refractivity contribution is 5.91. The average molecular weight is 616 g/mol. The minimum atomic E-state index is -5.04. The Balaban J connectivity index is 1.45. The number of amides is 3. The Morgan fingerprint density at radius 1 is 1.00 bits per heavy atom. The molecule has 2 aromatic carbocycles. The first kappa shape index (κ1) is 30.8. The number of ether oxygens (including phenoxy) is 1. The average Bonchev–Trinajstić information content (AvgIpc) is 3.30. The van der Waals surface area contributed by atoms with Gasteiger partial charge in [0.15, 0.2) is 0 Å². The Morgan fingerprint density at radius 2 is 1.63 bits per heavy atom. The molecule has 3 fully saturated rings. The largest absolute Gasteiger partial charge is 0.416 e. The van der Waals surface area contributed by atoms with Crippen LogP contribution in [0.15, 0.2) is 42.5 Å². The highest BCUT2D eigenvalue weighted by Crippen LogP contribution is 2.45. The van der Waals surface area contributed by atoms with Crippen LogP contribution in [0.1, 0.15) is 54.0 Å². The molecule has 3 heterocycles. The lowest BCUT2D eigenvalue weighted by atomic mass is 9.81. The number of fused-ring (bicyclic) bond motifs is 1. The first-order valence-electron chi connectivity index (χ1n) is 13.7. The van der Waals surface area contributed by atoms with E-state index >= 15 is 0 Å². The SMILES string of the molecule is C[C@@H](O[C@H]1CN2C(=O)CC(C(=O)N3CCNC(=O)C3)CC2C1c1ccc(F)cc1)c1cc(C(F)(F)F)cc(C(F)(F)F)c1. The standard InChI is InChI=1S/C29H28F7N3O4/c1-15(17-8-19(28(31,32)33)12-20(9-17)29(34,35)36)43-23-13-39-22(26(23)16-2-4-21(30)5-3-16)10-18(11-25(39)41)27(42)38-7-6-37-24(40)14-38/h2-5,8-9,12,15,18,22-23,26H,6-7,10-11,13-14H2,1H3,(H,37,40)/t15-,18?,22?,23+,26?/m1/s1. The van der Waals surface area contributed by atoms with Gasteiger partial charge < -0.3 is 19.9 Å². The number of hydrogen-bond acceptors (Lipinski definition) is 4. The molecule has 14 heteroatoms. The number of carbonyl (C=O) groups is 3. The number of rotatable bonds is 5. The van der Waals surface area contributed by atoms with Gasteiger partial charge in [-0.15, -0.1) is 0 Å². The van der Waals surface area contributed by atoms with Gasteiger partial charge in [-0.3, -0.25) is 14.4 Å². The van der Waals surface area contributed by atoms with Crippen LogP contribution in [0, 0.1) is 11.7 Å². The van der Waals surface area contributed by atoms with E-state index in [-0.39, 0.29) is 68.4 Å². The smallest absolute Gasteiger partial charge is 0.368 e. The topological polar surface area (TPSA) is 79.0 Å². The maximum absolute atomic E-state index is 13.8. The molecule has 3 unspecified atom stereocenters. The summed E-state index contributed by atoms with van der Waals surface area (Å²) in [5.41, 5.74) is -2.78. The van der Waals surface area contributed by atoms with Crippen LogP contribution in [0.4, 0.5) is 30.7 Å². The van der Waals surface area contributed by atoms with Crippen LogP contribution in [0.25, 0.3) is 0 Å². The van der Waals surface area contributed by atoms with Gasteiger partial charge in [0.2, 0.25) is 17.7 Å². The van der Waals surface area contributed by atoms with E-state index in [1.54, 1.807) is 0 Å². The summed E-state index contributed by atoms with van der Waals surface area (Å²) >= 11 is 0. The molecule has 43 heavy (non-hydrogen) atoms. The Labute approximate surface area is 242 Å². The minimum absolute atomic E-state index is 0.0337. The molecule has 0 saturated carbocycles. The molecule has 232 valence electrons. The van der Waals surface area contributed by atoms with Gasteiger partial charge in [0.1, 0.15) is 5.82 Å². The van der Waals surface area contributed by atoms with Crippen LogP contribution in [-0.2, 0) is 31.5 Å². The lowest BCUT2D eigenvalue weighted by Gasteiger charge is -2.38. The molecule has 5 rings (SSSR count). The predicted molar refractivity (Wildman–Crippen MR) is 137 cm³/mol. The number of piperidine rings is 1.